The number of pyridine rings is 1. The van der Waals surface area contributed by atoms with E-state index in [0.717, 1.165) is 5.56 Å². The molecule has 1 aromatic carbocycles. The lowest BCUT2D eigenvalue weighted by molar-refractivity contribution is -0.384. The van der Waals surface area contributed by atoms with Crippen LogP contribution in [0.15, 0.2) is 86.7 Å². The summed E-state index contributed by atoms with van der Waals surface area (Å²) in [6.07, 6.45) is 7.99. The van der Waals surface area contributed by atoms with Crippen LogP contribution in [0.3, 0.4) is 0 Å². The molecule has 0 unspecified atom stereocenters. The molecule has 0 N–H and O–H groups in total. The van der Waals surface area contributed by atoms with Crippen molar-refractivity contribution in [2.24, 2.45) is 10.2 Å². The Bertz CT molecular complexity index is 1190. The Labute approximate surface area is 181 Å². The summed E-state index contributed by atoms with van der Waals surface area (Å²) in [6.45, 7) is 0.203. The maximum Gasteiger partial charge on any atom is 0.270 e. The first-order valence-electron chi connectivity index (χ1n) is 9.09. The molecule has 3 aromatic rings. The summed E-state index contributed by atoms with van der Waals surface area (Å²) in [5, 5.41) is 19.5. The molecule has 154 valence electrons. The molecular weight excluding hydrogens is 418 g/mol. The molecule has 1 fully saturated rings. The molecule has 9 nitrogen and oxygen atoms in total. The van der Waals surface area contributed by atoms with Gasteiger partial charge in [0.05, 0.1) is 28.9 Å². The SMILES string of the molecule is O=C1/C(=C/c2cccnc2)S/C(=N\N=C\c2cccc([N+](=O)[O-])c2)N1Cc1ccco1. The van der Waals surface area contributed by atoms with Crippen LogP contribution in [0.5, 0.6) is 0 Å². The van der Waals surface area contributed by atoms with Crippen molar-refractivity contribution in [1.82, 2.24) is 9.88 Å². The largest absolute Gasteiger partial charge is 0.467 e. The minimum absolute atomic E-state index is 0.0387. The number of furan rings is 1. The van der Waals surface area contributed by atoms with Gasteiger partial charge < -0.3 is 4.42 Å². The topological polar surface area (TPSA) is 114 Å². The maximum atomic E-state index is 13.0. The predicted octanol–water partition coefficient (Wildman–Crippen LogP) is 4.09. The van der Waals surface area contributed by atoms with Gasteiger partial charge in [-0.3, -0.25) is 24.8 Å². The summed E-state index contributed by atoms with van der Waals surface area (Å²) in [6, 6.07) is 13.2. The number of carbonyl (C=O) groups is 1. The number of amides is 1. The van der Waals surface area contributed by atoms with Crippen LogP contribution >= 0.6 is 11.8 Å². The summed E-state index contributed by atoms with van der Waals surface area (Å²) < 4.78 is 5.37. The number of nitro groups is 1. The van der Waals surface area contributed by atoms with Gasteiger partial charge in [-0.2, -0.15) is 5.10 Å². The lowest BCUT2D eigenvalue weighted by atomic mass is 10.2. The minimum Gasteiger partial charge on any atom is -0.467 e. The Morgan fingerprint density at radius 2 is 2.06 bits per heavy atom. The van der Waals surface area contributed by atoms with Crippen molar-refractivity contribution in [2.75, 3.05) is 0 Å². The number of hydrogen-bond acceptors (Lipinski definition) is 8. The highest BCUT2D eigenvalue weighted by molar-refractivity contribution is 8.18. The first-order chi connectivity index (χ1) is 15.1. The van der Waals surface area contributed by atoms with Gasteiger partial charge in [-0.15, -0.1) is 5.10 Å². The zero-order valence-corrected chi connectivity index (χ0v) is 16.8. The van der Waals surface area contributed by atoms with E-state index in [9.17, 15) is 14.9 Å². The van der Waals surface area contributed by atoms with Gasteiger partial charge >= 0.3 is 0 Å². The van der Waals surface area contributed by atoms with Crippen molar-refractivity contribution in [3.8, 4) is 0 Å². The van der Waals surface area contributed by atoms with Gasteiger partial charge in [0.2, 0.25) is 0 Å². The number of amidine groups is 1. The van der Waals surface area contributed by atoms with E-state index in [1.165, 1.54) is 41.3 Å². The lowest BCUT2D eigenvalue weighted by Crippen LogP contribution is -2.28. The molecule has 0 saturated carbocycles. The smallest absolute Gasteiger partial charge is 0.270 e. The van der Waals surface area contributed by atoms with Crippen LogP contribution in [-0.2, 0) is 11.3 Å². The van der Waals surface area contributed by atoms with E-state index in [0.29, 0.717) is 21.4 Å². The monoisotopic (exact) mass is 433 g/mol. The van der Waals surface area contributed by atoms with Gasteiger partial charge in [0.1, 0.15) is 5.76 Å². The number of carbonyl (C=O) groups excluding carboxylic acids is 1. The standard InChI is InChI=1S/C21H15N5O4S/c27-20-19(11-16-5-2-8-22-12-16)31-21(25(20)14-18-7-3-9-30-18)24-23-13-15-4-1-6-17(10-15)26(28)29/h1-13H,14H2/b19-11-,23-13+,24-21-. The third-order valence-corrected chi connectivity index (χ3v) is 5.19. The van der Waals surface area contributed by atoms with Crippen LogP contribution in [0.4, 0.5) is 5.69 Å². The van der Waals surface area contributed by atoms with Gasteiger partial charge in [0.15, 0.2) is 5.17 Å². The van der Waals surface area contributed by atoms with Crippen molar-refractivity contribution in [3.63, 3.8) is 0 Å². The summed E-state index contributed by atoms with van der Waals surface area (Å²) in [5.41, 5.74) is 1.28. The average Bonchev–Trinajstić information content (AvgIpc) is 3.39. The Morgan fingerprint density at radius 1 is 1.19 bits per heavy atom. The average molecular weight is 433 g/mol. The predicted molar refractivity (Wildman–Crippen MR) is 117 cm³/mol. The van der Waals surface area contributed by atoms with Gasteiger partial charge in [-0.1, -0.05) is 18.2 Å². The van der Waals surface area contributed by atoms with Crippen molar-refractivity contribution >= 4 is 40.8 Å². The molecule has 3 heterocycles. The fourth-order valence-electron chi connectivity index (χ4n) is 2.76. The highest BCUT2D eigenvalue weighted by atomic mass is 32.2. The molecule has 1 aliphatic rings. The maximum absolute atomic E-state index is 13.0. The van der Waals surface area contributed by atoms with E-state index in [-0.39, 0.29) is 18.1 Å². The molecule has 0 atom stereocenters. The number of hydrogen-bond donors (Lipinski definition) is 0. The number of benzene rings is 1. The fraction of sp³-hybridized carbons (Fsp3) is 0.0476. The Morgan fingerprint density at radius 3 is 2.81 bits per heavy atom. The van der Waals surface area contributed by atoms with E-state index in [1.807, 2.05) is 6.07 Å². The zero-order chi connectivity index (χ0) is 21.6. The van der Waals surface area contributed by atoms with Crippen LogP contribution in [0.25, 0.3) is 6.08 Å². The van der Waals surface area contributed by atoms with Gasteiger partial charge in [-0.25, -0.2) is 0 Å². The molecule has 0 bridgehead atoms. The quantitative estimate of drug-likeness (QED) is 0.250. The molecule has 4 rings (SSSR count). The van der Waals surface area contributed by atoms with E-state index in [4.69, 9.17) is 4.42 Å². The number of thioether (sulfide) groups is 1. The van der Waals surface area contributed by atoms with Crippen LogP contribution in [0, 0.1) is 10.1 Å². The molecular formula is C21H15N5O4S. The Hall–Kier alpha value is -4.05. The minimum atomic E-state index is -0.477. The highest BCUT2D eigenvalue weighted by Crippen LogP contribution is 2.33. The van der Waals surface area contributed by atoms with Crippen LogP contribution in [0.1, 0.15) is 16.9 Å². The van der Waals surface area contributed by atoms with Crippen molar-refractivity contribution in [3.05, 3.63) is 99.1 Å². The first-order valence-corrected chi connectivity index (χ1v) is 9.91. The van der Waals surface area contributed by atoms with Crippen molar-refractivity contribution in [1.29, 1.82) is 0 Å². The Balaban J connectivity index is 1.61. The van der Waals surface area contributed by atoms with Crippen molar-refractivity contribution < 1.29 is 14.1 Å². The molecule has 1 aliphatic heterocycles. The molecule has 0 radical (unpaired) electrons. The number of rotatable bonds is 6. The second kappa shape index (κ2) is 9.18. The third-order valence-electron chi connectivity index (χ3n) is 4.20. The second-order valence-corrected chi connectivity index (χ2v) is 7.36. The fourth-order valence-corrected chi connectivity index (χ4v) is 3.69. The summed E-state index contributed by atoms with van der Waals surface area (Å²) in [5.74, 6) is 0.376. The van der Waals surface area contributed by atoms with Gasteiger partial charge in [0, 0.05) is 30.1 Å². The summed E-state index contributed by atoms with van der Waals surface area (Å²) in [4.78, 5) is 29.4. The van der Waals surface area contributed by atoms with Crippen LogP contribution in [-0.4, -0.2) is 32.1 Å². The van der Waals surface area contributed by atoms with Gasteiger partial charge in [-0.05, 0) is 41.6 Å². The molecule has 2 aromatic heterocycles. The summed E-state index contributed by atoms with van der Waals surface area (Å²) in [7, 11) is 0. The number of non-ortho nitro benzene ring substituents is 1. The molecule has 1 saturated heterocycles. The summed E-state index contributed by atoms with van der Waals surface area (Å²) >= 11 is 1.18. The van der Waals surface area contributed by atoms with Crippen molar-refractivity contribution in [2.45, 2.75) is 6.54 Å². The molecule has 31 heavy (non-hydrogen) atoms. The van der Waals surface area contributed by atoms with E-state index in [2.05, 4.69) is 15.2 Å². The van der Waals surface area contributed by atoms with Crippen LogP contribution < -0.4 is 0 Å². The molecule has 0 aliphatic carbocycles. The van der Waals surface area contributed by atoms with E-state index in [1.54, 1.807) is 48.8 Å². The zero-order valence-electron chi connectivity index (χ0n) is 16.0. The second-order valence-electron chi connectivity index (χ2n) is 6.35. The number of aromatic nitrogens is 1. The number of nitro benzene ring substituents is 1. The lowest BCUT2D eigenvalue weighted by Gasteiger charge is -2.12. The molecule has 1 amide bonds. The third kappa shape index (κ3) is 4.93. The first kappa shape index (κ1) is 20.2. The Kier molecular flexibility index (Phi) is 5.99. The molecule has 0 spiro atoms. The normalized spacial score (nSPS) is 16.6. The van der Waals surface area contributed by atoms with E-state index >= 15 is 0 Å². The van der Waals surface area contributed by atoms with Gasteiger partial charge in [0.25, 0.3) is 11.6 Å². The molecule has 10 heteroatoms. The number of nitrogens with zero attached hydrogens (tertiary/aromatic N) is 5. The van der Waals surface area contributed by atoms with Crippen LogP contribution in [0.2, 0.25) is 0 Å². The van der Waals surface area contributed by atoms with E-state index < -0.39 is 4.92 Å². The highest BCUT2D eigenvalue weighted by Gasteiger charge is 2.34.